The number of nitrogens with zero attached hydrogens (tertiary/aromatic N) is 1. The Morgan fingerprint density at radius 1 is 0.875 bits per heavy atom. The lowest BCUT2D eigenvalue weighted by Crippen LogP contribution is -2.41. The third-order valence-electron chi connectivity index (χ3n) is 9.00. The van der Waals surface area contributed by atoms with Gasteiger partial charge >= 0.3 is 0 Å². The number of ether oxygens (including phenoxy) is 4. The van der Waals surface area contributed by atoms with Crippen LogP contribution in [0.2, 0.25) is 0 Å². The lowest BCUT2D eigenvalue weighted by Gasteiger charge is -2.39. The van der Waals surface area contributed by atoms with Gasteiger partial charge in [0.15, 0.2) is 17.8 Å². The SMILES string of the molecule is COc1cc2c(cc1OC)CN(C[C@@H]1C[C@H](c3ccc(CO)cc3)O[C@H](c3cccc(NC(=O)CCCCCCC(=O)NO)c3)O1)CC2. The summed E-state index contributed by atoms with van der Waals surface area (Å²) in [6.45, 7) is 2.37. The number of benzene rings is 3. The van der Waals surface area contributed by atoms with E-state index in [1.54, 1.807) is 19.7 Å². The molecule has 48 heavy (non-hydrogen) atoms. The van der Waals surface area contributed by atoms with Gasteiger partial charge in [0, 0.05) is 50.1 Å². The highest BCUT2D eigenvalue weighted by Gasteiger charge is 2.34. The number of hydroxylamine groups is 1. The molecule has 3 aromatic carbocycles. The largest absolute Gasteiger partial charge is 0.493 e. The molecule has 0 saturated carbocycles. The van der Waals surface area contributed by atoms with E-state index in [9.17, 15) is 14.7 Å². The number of rotatable bonds is 15. The van der Waals surface area contributed by atoms with Gasteiger partial charge in [0.1, 0.15) is 0 Å². The standard InChI is InChI=1S/C37H47N3O8/c1-45-33-19-27-16-17-40(22-29(27)20-34(33)46-2)23-31-21-32(26-14-12-25(24-41)13-15-26)48-37(47-31)28-8-7-9-30(18-28)38-35(42)10-5-3-4-6-11-36(43)39-44/h7-9,12-15,18-20,31-32,37,41,44H,3-6,10-11,16-17,21-24H2,1-2H3,(H,38,42)(H,39,43)/t31-,32+,37+/m0/s1. The van der Waals surface area contributed by atoms with Crippen molar-refractivity contribution in [3.63, 3.8) is 0 Å². The Bertz CT molecular complexity index is 1510. The molecule has 5 rings (SSSR count). The fourth-order valence-corrected chi connectivity index (χ4v) is 6.39. The normalized spacial score (nSPS) is 19.3. The number of unbranched alkanes of at least 4 members (excludes halogenated alkanes) is 3. The Kier molecular flexibility index (Phi) is 12.8. The lowest BCUT2D eigenvalue weighted by atomic mass is 9.97. The Morgan fingerprint density at radius 2 is 1.58 bits per heavy atom. The molecule has 4 N–H and O–H groups in total. The molecule has 3 aromatic rings. The van der Waals surface area contributed by atoms with Gasteiger partial charge in [-0.25, -0.2) is 5.48 Å². The summed E-state index contributed by atoms with van der Waals surface area (Å²) >= 11 is 0. The van der Waals surface area contributed by atoms with Gasteiger partial charge in [-0.15, -0.1) is 0 Å². The first-order valence-electron chi connectivity index (χ1n) is 16.7. The number of carbonyl (C=O) groups is 2. The highest BCUT2D eigenvalue weighted by Crippen LogP contribution is 2.39. The van der Waals surface area contributed by atoms with Crippen LogP contribution in [-0.2, 0) is 38.6 Å². The molecule has 11 heteroatoms. The molecule has 3 atom stereocenters. The number of hydrogen-bond acceptors (Lipinski definition) is 9. The summed E-state index contributed by atoms with van der Waals surface area (Å²) in [6, 6.07) is 19.6. The molecular weight excluding hydrogens is 614 g/mol. The van der Waals surface area contributed by atoms with Crippen molar-refractivity contribution in [3.8, 4) is 11.5 Å². The van der Waals surface area contributed by atoms with E-state index in [0.717, 1.165) is 67.1 Å². The van der Waals surface area contributed by atoms with E-state index >= 15 is 0 Å². The minimum Gasteiger partial charge on any atom is -0.493 e. The molecule has 258 valence electrons. The van der Waals surface area contributed by atoms with E-state index in [2.05, 4.69) is 22.3 Å². The number of carbonyl (C=O) groups excluding carboxylic acids is 2. The summed E-state index contributed by atoms with van der Waals surface area (Å²) in [5.74, 6) is 1.000. The number of fused-ring (bicyclic) bond motifs is 1. The molecule has 11 nitrogen and oxygen atoms in total. The predicted octanol–water partition coefficient (Wildman–Crippen LogP) is 5.58. The number of aliphatic hydroxyl groups is 1. The second kappa shape index (κ2) is 17.4. The zero-order chi connectivity index (χ0) is 33.9. The van der Waals surface area contributed by atoms with Gasteiger partial charge in [-0.05, 0) is 65.8 Å². The molecule has 2 aliphatic rings. The van der Waals surface area contributed by atoms with Crippen LogP contribution in [0.1, 0.15) is 85.2 Å². The third kappa shape index (κ3) is 9.55. The van der Waals surface area contributed by atoms with E-state index in [4.69, 9.17) is 24.2 Å². The quantitative estimate of drug-likeness (QED) is 0.0934. The minimum absolute atomic E-state index is 0.0187. The summed E-state index contributed by atoms with van der Waals surface area (Å²) < 4.78 is 24.3. The first kappa shape index (κ1) is 35.3. The molecule has 0 unspecified atom stereocenters. The van der Waals surface area contributed by atoms with Crippen molar-refractivity contribution in [3.05, 3.63) is 88.5 Å². The summed E-state index contributed by atoms with van der Waals surface area (Å²) in [5, 5.41) is 21.2. The average Bonchev–Trinajstić information content (AvgIpc) is 3.12. The second-order valence-electron chi connectivity index (χ2n) is 12.4. The zero-order valence-electron chi connectivity index (χ0n) is 27.8. The van der Waals surface area contributed by atoms with E-state index in [0.29, 0.717) is 31.4 Å². The van der Waals surface area contributed by atoms with Crippen molar-refractivity contribution in [2.45, 2.75) is 83.0 Å². The molecule has 2 aliphatic heterocycles. The van der Waals surface area contributed by atoms with Gasteiger partial charge in [0.05, 0.1) is 33.0 Å². The van der Waals surface area contributed by atoms with Crippen LogP contribution < -0.4 is 20.3 Å². The van der Waals surface area contributed by atoms with Crippen LogP contribution in [-0.4, -0.2) is 60.4 Å². The number of anilines is 1. The van der Waals surface area contributed by atoms with Gasteiger partial charge in [-0.3, -0.25) is 19.7 Å². The van der Waals surface area contributed by atoms with Gasteiger partial charge in [-0.2, -0.15) is 0 Å². The maximum atomic E-state index is 12.7. The number of aliphatic hydroxyl groups excluding tert-OH is 1. The minimum atomic E-state index is -0.638. The van der Waals surface area contributed by atoms with Crippen LogP contribution in [0.5, 0.6) is 11.5 Å². The molecule has 0 bridgehead atoms. The maximum Gasteiger partial charge on any atom is 0.243 e. The second-order valence-corrected chi connectivity index (χ2v) is 12.4. The van der Waals surface area contributed by atoms with Crippen molar-refractivity contribution in [2.75, 3.05) is 32.6 Å². The number of nitrogens with one attached hydrogen (secondary N) is 2. The first-order chi connectivity index (χ1) is 23.4. The van der Waals surface area contributed by atoms with Crippen molar-refractivity contribution in [2.24, 2.45) is 0 Å². The van der Waals surface area contributed by atoms with E-state index in [1.165, 1.54) is 11.1 Å². The van der Waals surface area contributed by atoms with E-state index in [-0.39, 0.29) is 31.1 Å². The Labute approximate surface area is 282 Å². The zero-order valence-corrected chi connectivity index (χ0v) is 27.8. The fourth-order valence-electron chi connectivity index (χ4n) is 6.39. The molecule has 1 saturated heterocycles. The summed E-state index contributed by atoms with van der Waals surface area (Å²) in [6.07, 6.45) is 4.25. The maximum absolute atomic E-state index is 12.7. The molecule has 1 fully saturated rings. The van der Waals surface area contributed by atoms with Crippen LogP contribution in [0, 0.1) is 0 Å². The molecule has 0 aliphatic carbocycles. The highest BCUT2D eigenvalue weighted by molar-refractivity contribution is 5.90. The Morgan fingerprint density at radius 3 is 2.27 bits per heavy atom. The molecule has 2 amide bonds. The number of hydrogen-bond donors (Lipinski definition) is 4. The van der Waals surface area contributed by atoms with E-state index < -0.39 is 12.2 Å². The van der Waals surface area contributed by atoms with Gasteiger partial charge in [0.25, 0.3) is 0 Å². The third-order valence-corrected chi connectivity index (χ3v) is 9.00. The van der Waals surface area contributed by atoms with Crippen molar-refractivity contribution in [1.29, 1.82) is 0 Å². The summed E-state index contributed by atoms with van der Waals surface area (Å²) in [5.41, 5.74) is 7.48. The molecular formula is C37H47N3O8. The van der Waals surface area contributed by atoms with Gasteiger partial charge < -0.3 is 29.4 Å². The smallest absolute Gasteiger partial charge is 0.243 e. The number of methoxy groups -OCH3 is 2. The predicted molar refractivity (Wildman–Crippen MR) is 180 cm³/mol. The molecule has 0 radical (unpaired) electrons. The van der Waals surface area contributed by atoms with Crippen LogP contribution in [0.4, 0.5) is 5.69 Å². The average molecular weight is 662 g/mol. The van der Waals surface area contributed by atoms with Crippen LogP contribution >= 0.6 is 0 Å². The summed E-state index contributed by atoms with van der Waals surface area (Å²) in [7, 11) is 3.31. The highest BCUT2D eigenvalue weighted by atomic mass is 16.7. The van der Waals surface area contributed by atoms with Crippen LogP contribution in [0.15, 0.2) is 60.7 Å². The molecule has 0 aromatic heterocycles. The van der Waals surface area contributed by atoms with E-state index in [1.807, 2.05) is 48.5 Å². The van der Waals surface area contributed by atoms with Gasteiger partial charge in [0.2, 0.25) is 11.8 Å². The van der Waals surface area contributed by atoms with Crippen molar-refractivity contribution in [1.82, 2.24) is 10.4 Å². The Balaban J connectivity index is 1.24. The van der Waals surface area contributed by atoms with Crippen LogP contribution in [0.3, 0.4) is 0 Å². The molecule has 2 heterocycles. The topological polar surface area (TPSA) is 139 Å². The first-order valence-corrected chi connectivity index (χ1v) is 16.7. The van der Waals surface area contributed by atoms with Crippen molar-refractivity contribution >= 4 is 17.5 Å². The van der Waals surface area contributed by atoms with Crippen LogP contribution in [0.25, 0.3) is 0 Å². The van der Waals surface area contributed by atoms with Gasteiger partial charge in [-0.1, -0.05) is 49.2 Å². The lowest BCUT2D eigenvalue weighted by molar-refractivity contribution is -0.253. The fraction of sp³-hybridized carbons (Fsp3) is 0.459. The monoisotopic (exact) mass is 661 g/mol. The van der Waals surface area contributed by atoms with Crippen molar-refractivity contribution < 1.29 is 38.9 Å². The summed E-state index contributed by atoms with van der Waals surface area (Å²) in [4.78, 5) is 26.3. The number of amides is 2. The molecule has 0 spiro atoms. The Hall–Kier alpha value is -4.00.